The molecule has 0 radical (unpaired) electrons. The number of aliphatic imine (C=N–C) groups is 1. The van der Waals surface area contributed by atoms with Crippen molar-refractivity contribution in [3.63, 3.8) is 0 Å². The normalized spacial score (nSPS) is 14.4. The minimum atomic E-state index is -3.68. The lowest BCUT2D eigenvalue weighted by molar-refractivity contribution is 0.296. The highest BCUT2D eigenvalue weighted by molar-refractivity contribution is 7.89. The van der Waals surface area contributed by atoms with Crippen molar-refractivity contribution in [1.29, 1.82) is 0 Å². The van der Waals surface area contributed by atoms with Crippen LogP contribution in [0.4, 0.5) is 0 Å². The van der Waals surface area contributed by atoms with E-state index in [1.165, 1.54) is 30.5 Å². The molecule has 0 unspecified atom stereocenters. The largest absolute Gasteiger partial charge is 0.493 e. The van der Waals surface area contributed by atoms with Gasteiger partial charge >= 0.3 is 0 Å². The second kappa shape index (κ2) is 9.95. The van der Waals surface area contributed by atoms with E-state index in [9.17, 15) is 8.42 Å². The molecular weight excluding hydrogens is 400 g/mol. The molecule has 0 aromatic heterocycles. The Bertz CT molecular complexity index is 984. The number of benzene rings is 2. The number of nitrogens with one attached hydrogen (secondary N) is 2. The molecule has 0 spiro atoms. The first kappa shape index (κ1) is 22.1. The number of hydrogen-bond donors (Lipinski definition) is 3. The number of primary sulfonamides is 1. The third-order valence-corrected chi connectivity index (χ3v) is 5.79. The van der Waals surface area contributed by atoms with Crippen LogP contribution >= 0.6 is 0 Å². The molecule has 0 aliphatic heterocycles. The first-order valence-electron chi connectivity index (χ1n) is 10.2. The average Bonchev–Trinajstić information content (AvgIpc) is 3.53. The van der Waals surface area contributed by atoms with Gasteiger partial charge in [0.15, 0.2) is 5.96 Å². The number of hydrogen-bond acceptors (Lipinski definition) is 4. The predicted molar refractivity (Wildman–Crippen MR) is 119 cm³/mol. The summed E-state index contributed by atoms with van der Waals surface area (Å²) in [6.45, 7) is 6.59. The number of ether oxygens (including phenoxy) is 1. The van der Waals surface area contributed by atoms with Crippen molar-refractivity contribution >= 4 is 16.0 Å². The van der Waals surface area contributed by atoms with Gasteiger partial charge in [0.2, 0.25) is 10.0 Å². The molecule has 1 fully saturated rings. The second-order valence-corrected chi connectivity index (χ2v) is 9.16. The Balaban J connectivity index is 1.64. The molecule has 1 saturated carbocycles. The van der Waals surface area contributed by atoms with Crippen molar-refractivity contribution in [2.45, 2.75) is 44.7 Å². The highest BCUT2D eigenvalue weighted by atomic mass is 32.2. The number of aryl methyl sites for hydroxylation is 1. The van der Waals surface area contributed by atoms with E-state index < -0.39 is 10.0 Å². The van der Waals surface area contributed by atoms with Gasteiger partial charge in [-0.1, -0.05) is 24.3 Å². The Kier molecular flexibility index (Phi) is 7.33. The second-order valence-electron chi connectivity index (χ2n) is 7.60. The summed E-state index contributed by atoms with van der Waals surface area (Å²) in [4.78, 5) is 4.69. The van der Waals surface area contributed by atoms with Gasteiger partial charge in [0.1, 0.15) is 5.75 Å². The zero-order chi connectivity index (χ0) is 21.6. The molecule has 8 heteroatoms. The third-order valence-electron chi connectivity index (χ3n) is 4.86. The third kappa shape index (κ3) is 6.74. The monoisotopic (exact) mass is 430 g/mol. The molecule has 2 aromatic carbocycles. The fourth-order valence-electron chi connectivity index (χ4n) is 2.91. The van der Waals surface area contributed by atoms with E-state index in [0.29, 0.717) is 25.0 Å². The van der Waals surface area contributed by atoms with Gasteiger partial charge in [0.25, 0.3) is 0 Å². The molecule has 7 nitrogen and oxygen atoms in total. The van der Waals surface area contributed by atoms with Crippen LogP contribution in [0.2, 0.25) is 0 Å². The summed E-state index contributed by atoms with van der Waals surface area (Å²) in [6.07, 6.45) is 2.52. The predicted octanol–water partition coefficient (Wildman–Crippen LogP) is 2.69. The Morgan fingerprint density at radius 3 is 2.53 bits per heavy atom. The van der Waals surface area contributed by atoms with Gasteiger partial charge in [-0.25, -0.2) is 18.5 Å². The van der Waals surface area contributed by atoms with Crippen molar-refractivity contribution < 1.29 is 13.2 Å². The van der Waals surface area contributed by atoms with Gasteiger partial charge in [-0.3, -0.25) is 0 Å². The summed E-state index contributed by atoms with van der Waals surface area (Å²) < 4.78 is 28.8. The molecule has 162 valence electrons. The molecule has 0 bridgehead atoms. The fraction of sp³-hybridized carbons (Fsp3) is 0.409. The average molecular weight is 431 g/mol. The maximum absolute atomic E-state index is 11.4. The summed E-state index contributed by atoms with van der Waals surface area (Å²) in [5.74, 6) is 2.30. The highest BCUT2D eigenvalue weighted by Gasteiger charge is 2.22. The standard InChI is InChI=1S/C22H30N4O3S/c1-3-24-22(25-13-17-7-10-20(11-8-17)30(23,27)28)26-14-19-9-4-16(2)12-21(19)29-15-18-5-6-18/h4,7-12,18H,3,5-6,13-15H2,1-2H3,(H2,23,27,28)(H2,24,25,26). The summed E-state index contributed by atoms with van der Waals surface area (Å²) in [6, 6.07) is 12.7. The lowest BCUT2D eigenvalue weighted by atomic mass is 10.1. The van der Waals surface area contributed by atoms with Crippen LogP contribution in [0.5, 0.6) is 5.75 Å². The number of nitrogens with zero attached hydrogens (tertiary/aromatic N) is 1. The number of nitrogens with two attached hydrogens (primary N) is 1. The van der Waals surface area contributed by atoms with Gasteiger partial charge in [0.05, 0.1) is 18.0 Å². The SMILES string of the molecule is CCNC(=NCc1ccc(S(N)(=O)=O)cc1)NCc1ccc(C)cc1OCC1CC1. The molecule has 0 heterocycles. The quantitative estimate of drug-likeness (QED) is 0.419. The minimum absolute atomic E-state index is 0.0957. The van der Waals surface area contributed by atoms with Gasteiger partial charge in [-0.05, 0) is 61.9 Å². The van der Waals surface area contributed by atoms with Crippen LogP contribution in [0.15, 0.2) is 52.4 Å². The number of guanidine groups is 1. The van der Waals surface area contributed by atoms with Gasteiger partial charge in [-0.15, -0.1) is 0 Å². The van der Waals surface area contributed by atoms with Crippen LogP contribution in [-0.2, 0) is 23.1 Å². The van der Waals surface area contributed by atoms with Crippen LogP contribution < -0.4 is 20.5 Å². The van der Waals surface area contributed by atoms with Crippen molar-refractivity contribution in [3.05, 3.63) is 59.2 Å². The molecule has 4 N–H and O–H groups in total. The molecule has 2 aromatic rings. The maximum atomic E-state index is 11.4. The fourth-order valence-corrected chi connectivity index (χ4v) is 3.43. The van der Waals surface area contributed by atoms with E-state index in [1.54, 1.807) is 12.1 Å². The van der Waals surface area contributed by atoms with Gasteiger partial charge in [-0.2, -0.15) is 0 Å². The summed E-state index contributed by atoms with van der Waals surface area (Å²) in [5.41, 5.74) is 3.15. The van der Waals surface area contributed by atoms with E-state index in [1.807, 2.05) is 6.92 Å². The van der Waals surface area contributed by atoms with E-state index in [2.05, 4.69) is 40.7 Å². The highest BCUT2D eigenvalue weighted by Crippen LogP contribution is 2.30. The van der Waals surface area contributed by atoms with Crippen molar-refractivity contribution in [2.75, 3.05) is 13.2 Å². The van der Waals surface area contributed by atoms with E-state index in [-0.39, 0.29) is 4.90 Å². The Hall–Kier alpha value is -2.58. The zero-order valence-corrected chi connectivity index (χ0v) is 18.3. The lowest BCUT2D eigenvalue weighted by Crippen LogP contribution is -2.36. The number of rotatable bonds is 9. The van der Waals surface area contributed by atoms with Crippen molar-refractivity contribution in [2.24, 2.45) is 16.0 Å². The van der Waals surface area contributed by atoms with Gasteiger partial charge in [0, 0.05) is 18.7 Å². The molecule has 1 aliphatic carbocycles. The Morgan fingerprint density at radius 1 is 1.17 bits per heavy atom. The Morgan fingerprint density at radius 2 is 1.90 bits per heavy atom. The van der Waals surface area contributed by atoms with E-state index in [4.69, 9.17) is 9.88 Å². The lowest BCUT2D eigenvalue weighted by Gasteiger charge is -2.15. The summed E-state index contributed by atoms with van der Waals surface area (Å²) in [5, 5.41) is 11.7. The Labute approximate surface area is 178 Å². The molecule has 3 rings (SSSR count). The molecule has 0 saturated heterocycles. The minimum Gasteiger partial charge on any atom is -0.493 e. The van der Waals surface area contributed by atoms with Crippen LogP contribution in [0.3, 0.4) is 0 Å². The van der Waals surface area contributed by atoms with Crippen LogP contribution in [-0.4, -0.2) is 27.5 Å². The first-order valence-corrected chi connectivity index (χ1v) is 11.8. The zero-order valence-electron chi connectivity index (χ0n) is 17.5. The molecule has 0 amide bonds. The molecule has 30 heavy (non-hydrogen) atoms. The number of sulfonamides is 1. The maximum Gasteiger partial charge on any atom is 0.238 e. The molecular formula is C22H30N4O3S. The van der Waals surface area contributed by atoms with Gasteiger partial charge < -0.3 is 15.4 Å². The van der Waals surface area contributed by atoms with Crippen LogP contribution in [0, 0.1) is 12.8 Å². The smallest absolute Gasteiger partial charge is 0.238 e. The topological polar surface area (TPSA) is 106 Å². The summed E-state index contributed by atoms with van der Waals surface area (Å²) in [7, 11) is -3.68. The summed E-state index contributed by atoms with van der Waals surface area (Å²) >= 11 is 0. The molecule has 1 aliphatic rings. The van der Waals surface area contributed by atoms with E-state index in [0.717, 1.165) is 30.0 Å². The van der Waals surface area contributed by atoms with Crippen LogP contribution in [0.25, 0.3) is 0 Å². The van der Waals surface area contributed by atoms with Crippen molar-refractivity contribution in [3.8, 4) is 5.75 Å². The van der Waals surface area contributed by atoms with E-state index >= 15 is 0 Å². The molecule has 0 atom stereocenters. The first-order chi connectivity index (χ1) is 14.3. The van der Waals surface area contributed by atoms with Crippen molar-refractivity contribution in [1.82, 2.24) is 10.6 Å². The van der Waals surface area contributed by atoms with Crippen LogP contribution in [0.1, 0.15) is 36.5 Å².